The lowest BCUT2D eigenvalue weighted by Crippen LogP contribution is -2.26. The molecule has 0 saturated heterocycles. The maximum absolute atomic E-state index is 11.0. The molecule has 0 aliphatic heterocycles. The Balaban J connectivity index is 3.69. The Kier molecular flexibility index (Phi) is 8.16. The van der Waals surface area contributed by atoms with Gasteiger partial charge in [-0.25, -0.2) is 4.79 Å². The molecule has 0 bridgehead atoms. The quantitative estimate of drug-likeness (QED) is 0.283. The van der Waals surface area contributed by atoms with Gasteiger partial charge < -0.3 is 4.74 Å². The minimum Gasteiger partial charge on any atom is -0.431 e. The van der Waals surface area contributed by atoms with Gasteiger partial charge >= 0.3 is 6.16 Å². The lowest BCUT2D eigenvalue weighted by molar-refractivity contribution is -0.318. The summed E-state index contributed by atoms with van der Waals surface area (Å²) in [6.07, 6.45) is 3.34. The summed E-state index contributed by atoms with van der Waals surface area (Å²) in [6, 6.07) is 1.86. The molecule has 0 rings (SSSR count). The molecule has 17 heavy (non-hydrogen) atoms. The van der Waals surface area contributed by atoms with Crippen molar-refractivity contribution >= 4 is 6.16 Å². The highest BCUT2D eigenvalue weighted by atomic mass is 17.2. The van der Waals surface area contributed by atoms with Gasteiger partial charge in [-0.15, -0.1) is 0 Å². The van der Waals surface area contributed by atoms with E-state index in [2.05, 4.69) is 16.5 Å². The van der Waals surface area contributed by atoms with Gasteiger partial charge in [0.05, 0.1) is 12.5 Å². The van der Waals surface area contributed by atoms with Crippen LogP contribution in [0.25, 0.3) is 0 Å². The van der Waals surface area contributed by atoms with Crippen LogP contribution in [0.2, 0.25) is 0 Å². The predicted octanol–water partition coefficient (Wildman–Crippen LogP) is 3.34. The lowest BCUT2D eigenvalue weighted by Gasteiger charge is -2.22. The Hall–Kier alpha value is -1.28. The Morgan fingerprint density at radius 1 is 1.35 bits per heavy atom. The third-order valence-corrected chi connectivity index (χ3v) is 2.15. The van der Waals surface area contributed by atoms with E-state index in [9.17, 15) is 4.79 Å². The highest BCUT2D eigenvalue weighted by Crippen LogP contribution is 2.19. The molecular weight excluding hydrogens is 222 g/mol. The molecule has 0 aromatic carbocycles. The summed E-state index contributed by atoms with van der Waals surface area (Å²) in [4.78, 5) is 20.5. The van der Waals surface area contributed by atoms with Crippen LogP contribution in [0.1, 0.15) is 52.9 Å². The number of rotatable bonds is 8. The number of nitriles is 1. The number of hydrogen-bond acceptors (Lipinski definition) is 5. The van der Waals surface area contributed by atoms with Gasteiger partial charge in [-0.05, 0) is 20.3 Å². The van der Waals surface area contributed by atoms with Gasteiger partial charge in [0, 0.05) is 0 Å². The summed E-state index contributed by atoms with van der Waals surface area (Å²) >= 11 is 0. The molecule has 5 heteroatoms. The summed E-state index contributed by atoms with van der Waals surface area (Å²) < 4.78 is 4.59. The smallest absolute Gasteiger partial charge is 0.431 e. The zero-order valence-electron chi connectivity index (χ0n) is 10.8. The summed E-state index contributed by atoms with van der Waals surface area (Å²) in [5.74, 6) is 0. The second-order valence-electron chi connectivity index (χ2n) is 4.39. The number of nitrogens with zero attached hydrogens (tertiary/aromatic N) is 1. The number of ether oxygens (including phenoxy) is 1. The fourth-order valence-corrected chi connectivity index (χ4v) is 1.19. The Morgan fingerprint density at radius 3 is 2.65 bits per heavy atom. The molecule has 0 atom stereocenters. The number of carbonyl (C=O) groups is 1. The van der Waals surface area contributed by atoms with Crippen molar-refractivity contribution < 1.29 is 19.3 Å². The van der Waals surface area contributed by atoms with Gasteiger partial charge in [0.1, 0.15) is 12.2 Å². The summed E-state index contributed by atoms with van der Waals surface area (Å²) in [7, 11) is 0. The third kappa shape index (κ3) is 9.64. The largest absolute Gasteiger partial charge is 0.540 e. The lowest BCUT2D eigenvalue weighted by atomic mass is 10.0. The van der Waals surface area contributed by atoms with Gasteiger partial charge in [-0.2, -0.15) is 10.1 Å². The average Bonchev–Trinajstić information content (AvgIpc) is 2.27. The van der Waals surface area contributed by atoms with Crippen LogP contribution in [-0.2, 0) is 14.5 Å². The third-order valence-electron chi connectivity index (χ3n) is 2.15. The molecule has 0 heterocycles. The molecule has 0 spiro atoms. The van der Waals surface area contributed by atoms with Gasteiger partial charge in [-0.1, -0.05) is 26.2 Å². The van der Waals surface area contributed by atoms with Crippen LogP contribution < -0.4 is 0 Å². The average molecular weight is 243 g/mol. The first kappa shape index (κ1) is 15.7. The van der Waals surface area contributed by atoms with Crippen LogP contribution in [0.5, 0.6) is 0 Å². The predicted molar refractivity (Wildman–Crippen MR) is 62.0 cm³/mol. The highest BCUT2D eigenvalue weighted by molar-refractivity contribution is 5.58. The van der Waals surface area contributed by atoms with E-state index in [1.54, 1.807) is 0 Å². The maximum Gasteiger partial charge on any atom is 0.540 e. The molecular formula is C12H21NO4. The topological polar surface area (TPSA) is 68.6 Å². The van der Waals surface area contributed by atoms with E-state index in [1.807, 2.05) is 19.9 Å². The van der Waals surface area contributed by atoms with Crippen molar-refractivity contribution in [3.05, 3.63) is 0 Å². The Morgan fingerprint density at radius 2 is 2.06 bits per heavy atom. The first-order chi connectivity index (χ1) is 8.02. The fourth-order valence-electron chi connectivity index (χ4n) is 1.19. The monoisotopic (exact) mass is 243 g/mol. The molecule has 5 nitrogen and oxygen atoms in total. The van der Waals surface area contributed by atoms with Crippen LogP contribution in [0, 0.1) is 11.3 Å². The first-order valence-corrected chi connectivity index (χ1v) is 5.91. The van der Waals surface area contributed by atoms with Crippen LogP contribution in [0.4, 0.5) is 4.79 Å². The van der Waals surface area contributed by atoms with Gasteiger partial charge in [0.2, 0.25) is 0 Å². The second kappa shape index (κ2) is 8.82. The van der Waals surface area contributed by atoms with Gasteiger partial charge in [0.25, 0.3) is 0 Å². The molecule has 0 N–H and O–H groups in total. The second-order valence-corrected chi connectivity index (χ2v) is 4.39. The molecule has 0 aromatic heterocycles. The zero-order chi connectivity index (χ0) is 13.1. The molecule has 0 fully saturated rings. The Bertz CT molecular complexity index is 258. The molecule has 0 aliphatic rings. The van der Waals surface area contributed by atoms with Crippen molar-refractivity contribution in [2.24, 2.45) is 0 Å². The Labute approximate surface area is 103 Å². The van der Waals surface area contributed by atoms with Crippen molar-refractivity contribution in [3.8, 4) is 6.07 Å². The zero-order valence-corrected chi connectivity index (χ0v) is 10.8. The fraction of sp³-hybridized carbons (Fsp3) is 0.833. The van der Waals surface area contributed by atoms with E-state index < -0.39 is 11.8 Å². The molecule has 0 aromatic rings. The van der Waals surface area contributed by atoms with E-state index in [0.29, 0.717) is 0 Å². The van der Waals surface area contributed by atoms with E-state index >= 15 is 0 Å². The van der Waals surface area contributed by atoms with Gasteiger partial charge in [0.15, 0.2) is 0 Å². The van der Waals surface area contributed by atoms with Crippen molar-refractivity contribution in [2.45, 2.75) is 58.5 Å². The van der Waals surface area contributed by atoms with E-state index in [1.165, 1.54) is 0 Å². The molecule has 0 radical (unpaired) electrons. The molecule has 0 saturated carbocycles. The number of unbranched alkanes of at least 4 members (excludes halogenated alkanes) is 2. The molecule has 0 amide bonds. The number of carbonyl (C=O) groups excluding carboxylic acids is 1. The van der Waals surface area contributed by atoms with Crippen LogP contribution in [-0.4, -0.2) is 18.4 Å². The summed E-state index contributed by atoms with van der Waals surface area (Å²) in [6.45, 7) is 5.85. The maximum atomic E-state index is 11.0. The highest BCUT2D eigenvalue weighted by Gasteiger charge is 2.22. The van der Waals surface area contributed by atoms with E-state index in [4.69, 9.17) is 10.1 Å². The van der Waals surface area contributed by atoms with Crippen LogP contribution in [0.3, 0.4) is 0 Å². The van der Waals surface area contributed by atoms with Crippen molar-refractivity contribution in [1.29, 1.82) is 5.26 Å². The van der Waals surface area contributed by atoms with Gasteiger partial charge in [-0.3, -0.25) is 4.89 Å². The normalized spacial score (nSPS) is 10.7. The van der Waals surface area contributed by atoms with E-state index in [-0.39, 0.29) is 13.0 Å². The van der Waals surface area contributed by atoms with Crippen molar-refractivity contribution in [3.63, 3.8) is 0 Å². The van der Waals surface area contributed by atoms with E-state index in [0.717, 1.165) is 25.7 Å². The standard InChI is InChI=1S/C12H21NO4/c1-4-5-6-8-12(2,3)17-16-11(14)15-10-7-9-13/h4-8,10H2,1-3H3. The molecule has 0 aliphatic carbocycles. The van der Waals surface area contributed by atoms with Crippen LogP contribution in [0.15, 0.2) is 0 Å². The number of hydrogen-bond donors (Lipinski definition) is 0. The van der Waals surface area contributed by atoms with Crippen LogP contribution >= 0.6 is 0 Å². The summed E-state index contributed by atoms with van der Waals surface area (Å²) in [5.41, 5.74) is -0.510. The SMILES string of the molecule is CCCCCC(C)(C)OOC(=O)OCCC#N. The molecule has 98 valence electrons. The molecule has 0 unspecified atom stereocenters. The first-order valence-electron chi connectivity index (χ1n) is 5.91. The van der Waals surface area contributed by atoms with Crippen molar-refractivity contribution in [2.75, 3.05) is 6.61 Å². The minimum absolute atomic E-state index is 0.0228. The minimum atomic E-state index is -0.899. The van der Waals surface area contributed by atoms with Crippen molar-refractivity contribution in [1.82, 2.24) is 0 Å². The summed E-state index contributed by atoms with van der Waals surface area (Å²) in [5, 5.41) is 8.25.